The highest BCUT2D eigenvalue weighted by atomic mass is 32.2. The van der Waals surface area contributed by atoms with Crippen LogP contribution < -0.4 is 15.4 Å². The van der Waals surface area contributed by atoms with Crippen LogP contribution in [0.15, 0.2) is 53.4 Å². The van der Waals surface area contributed by atoms with Crippen molar-refractivity contribution in [3.63, 3.8) is 0 Å². The third-order valence-corrected chi connectivity index (χ3v) is 4.16. The van der Waals surface area contributed by atoms with Crippen molar-refractivity contribution in [2.45, 2.75) is 11.8 Å². The van der Waals surface area contributed by atoms with Crippen LogP contribution in [-0.2, 0) is 9.59 Å². The van der Waals surface area contributed by atoms with Crippen molar-refractivity contribution in [1.29, 1.82) is 0 Å². The lowest BCUT2D eigenvalue weighted by Crippen LogP contribution is -2.32. The lowest BCUT2D eigenvalue weighted by molar-refractivity contribution is -0.117. The number of ether oxygens (including phenoxy) is 1. The molecule has 0 aliphatic carbocycles. The summed E-state index contributed by atoms with van der Waals surface area (Å²) in [7, 11) is 1.47. The molecule has 2 aromatic rings. The molecule has 0 atom stereocenters. The number of amides is 3. The van der Waals surface area contributed by atoms with E-state index in [1.54, 1.807) is 48.5 Å². The fourth-order valence-electron chi connectivity index (χ4n) is 2.05. The molecule has 0 unspecified atom stereocenters. The molecule has 0 saturated heterocycles. The van der Waals surface area contributed by atoms with Crippen molar-refractivity contribution in [3.8, 4) is 5.75 Å². The number of hydrogen-bond acceptors (Lipinski definition) is 5. The van der Waals surface area contributed by atoms with Gasteiger partial charge in [-0.3, -0.25) is 19.7 Å². The molecule has 25 heavy (non-hydrogen) atoms. The third-order valence-electron chi connectivity index (χ3n) is 3.15. The summed E-state index contributed by atoms with van der Waals surface area (Å²) in [5, 5.41) is 5.01. The van der Waals surface area contributed by atoms with E-state index in [0.29, 0.717) is 17.0 Å². The Bertz CT molecular complexity index is 775. The van der Waals surface area contributed by atoms with Gasteiger partial charge in [0.1, 0.15) is 5.75 Å². The first-order valence-electron chi connectivity index (χ1n) is 7.47. The lowest BCUT2D eigenvalue weighted by Gasteiger charge is -2.08. The van der Waals surface area contributed by atoms with Gasteiger partial charge in [-0.1, -0.05) is 12.1 Å². The Labute approximate surface area is 149 Å². The molecule has 0 radical (unpaired) electrons. The molecule has 0 fully saturated rings. The Balaban J connectivity index is 1.88. The number of para-hydroxylation sites is 1. The number of thioether (sulfide) groups is 1. The highest BCUT2D eigenvalue weighted by Crippen LogP contribution is 2.20. The molecule has 7 heteroatoms. The lowest BCUT2D eigenvalue weighted by atomic mass is 10.2. The van der Waals surface area contributed by atoms with E-state index >= 15 is 0 Å². The summed E-state index contributed by atoms with van der Waals surface area (Å²) in [6, 6.07) is 13.8. The van der Waals surface area contributed by atoms with Gasteiger partial charge in [0, 0.05) is 17.5 Å². The van der Waals surface area contributed by atoms with E-state index < -0.39 is 11.8 Å². The summed E-state index contributed by atoms with van der Waals surface area (Å²) >= 11 is 1.30. The predicted molar refractivity (Wildman–Crippen MR) is 96.9 cm³/mol. The number of anilines is 1. The molecule has 0 spiro atoms. The molecule has 0 aromatic heterocycles. The average Bonchev–Trinajstić information content (AvgIpc) is 2.60. The minimum atomic E-state index is -0.496. The molecular weight excluding hydrogens is 340 g/mol. The summed E-state index contributed by atoms with van der Waals surface area (Å²) in [4.78, 5) is 35.9. The number of carbonyl (C=O) groups excluding carboxylic acids is 3. The number of hydrogen-bond donors (Lipinski definition) is 2. The molecule has 0 bridgehead atoms. The minimum absolute atomic E-state index is 0.0976. The molecule has 0 aliphatic rings. The van der Waals surface area contributed by atoms with Gasteiger partial charge in [-0.05, 0) is 36.4 Å². The molecule has 2 aromatic carbocycles. The van der Waals surface area contributed by atoms with Crippen LogP contribution in [-0.4, -0.2) is 30.6 Å². The summed E-state index contributed by atoms with van der Waals surface area (Å²) in [6.07, 6.45) is 0. The van der Waals surface area contributed by atoms with E-state index in [1.165, 1.54) is 25.8 Å². The summed E-state index contributed by atoms with van der Waals surface area (Å²) in [5.74, 6) is -0.528. The van der Waals surface area contributed by atoms with Gasteiger partial charge in [-0.15, -0.1) is 11.8 Å². The van der Waals surface area contributed by atoms with Crippen LogP contribution >= 0.6 is 11.8 Å². The maximum atomic E-state index is 12.1. The van der Waals surface area contributed by atoms with Crippen LogP contribution in [0, 0.1) is 0 Å². The molecule has 6 nitrogen and oxygen atoms in total. The van der Waals surface area contributed by atoms with Gasteiger partial charge >= 0.3 is 0 Å². The zero-order chi connectivity index (χ0) is 18.2. The van der Waals surface area contributed by atoms with Gasteiger partial charge in [0.05, 0.1) is 18.4 Å². The number of methoxy groups -OCH3 is 1. The molecule has 0 saturated carbocycles. The standard InChI is InChI=1S/C18H18N2O4S/c1-12(21)19-13-7-9-14(10-8-13)25-11-17(22)20-18(23)15-5-3-4-6-16(15)24-2/h3-10H,11H2,1-2H3,(H,19,21)(H,20,22,23). The summed E-state index contributed by atoms with van der Waals surface area (Å²) in [6.45, 7) is 1.44. The zero-order valence-electron chi connectivity index (χ0n) is 13.9. The SMILES string of the molecule is COc1ccccc1C(=O)NC(=O)CSc1ccc(NC(C)=O)cc1. The number of imide groups is 1. The first-order valence-corrected chi connectivity index (χ1v) is 8.46. The van der Waals surface area contributed by atoms with Crippen molar-refractivity contribution >= 4 is 35.2 Å². The van der Waals surface area contributed by atoms with Gasteiger partial charge in [-0.2, -0.15) is 0 Å². The zero-order valence-corrected chi connectivity index (χ0v) is 14.7. The number of carbonyl (C=O) groups is 3. The quantitative estimate of drug-likeness (QED) is 0.776. The molecule has 0 heterocycles. The van der Waals surface area contributed by atoms with E-state index in [2.05, 4.69) is 10.6 Å². The molecule has 3 amide bonds. The van der Waals surface area contributed by atoms with E-state index in [0.717, 1.165) is 4.90 Å². The summed E-state index contributed by atoms with van der Waals surface area (Å²) in [5.41, 5.74) is 0.996. The Kier molecular flexibility index (Phi) is 6.59. The van der Waals surface area contributed by atoms with E-state index in [4.69, 9.17) is 4.74 Å². The van der Waals surface area contributed by atoms with Crippen LogP contribution in [0.4, 0.5) is 5.69 Å². The number of nitrogens with one attached hydrogen (secondary N) is 2. The highest BCUT2D eigenvalue weighted by Gasteiger charge is 2.14. The predicted octanol–water partition coefficient (Wildman–Crippen LogP) is 2.70. The van der Waals surface area contributed by atoms with Crippen molar-refractivity contribution in [3.05, 3.63) is 54.1 Å². The largest absolute Gasteiger partial charge is 0.496 e. The first kappa shape index (κ1) is 18.5. The molecule has 2 rings (SSSR count). The Morgan fingerprint density at radius 2 is 1.72 bits per heavy atom. The van der Waals surface area contributed by atoms with Gasteiger partial charge in [0.15, 0.2) is 0 Å². The third kappa shape index (κ3) is 5.65. The van der Waals surface area contributed by atoms with Gasteiger partial charge in [0.2, 0.25) is 11.8 Å². The molecule has 0 aliphatic heterocycles. The van der Waals surface area contributed by atoms with Crippen LogP contribution in [0.3, 0.4) is 0 Å². The topological polar surface area (TPSA) is 84.5 Å². The van der Waals surface area contributed by atoms with Gasteiger partial charge in [-0.25, -0.2) is 0 Å². The van der Waals surface area contributed by atoms with Crippen molar-refractivity contribution < 1.29 is 19.1 Å². The molecule has 2 N–H and O–H groups in total. The number of benzene rings is 2. The fourth-order valence-corrected chi connectivity index (χ4v) is 2.75. The van der Waals surface area contributed by atoms with Crippen LogP contribution in [0.2, 0.25) is 0 Å². The van der Waals surface area contributed by atoms with Crippen molar-refractivity contribution in [2.24, 2.45) is 0 Å². The maximum absolute atomic E-state index is 12.1. The van der Waals surface area contributed by atoms with Crippen LogP contribution in [0.1, 0.15) is 17.3 Å². The normalized spacial score (nSPS) is 10.0. The van der Waals surface area contributed by atoms with Crippen LogP contribution in [0.5, 0.6) is 5.75 Å². The Morgan fingerprint density at radius 1 is 1.04 bits per heavy atom. The van der Waals surface area contributed by atoms with Crippen LogP contribution in [0.25, 0.3) is 0 Å². The van der Waals surface area contributed by atoms with E-state index in [9.17, 15) is 14.4 Å². The molecule has 130 valence electrons. The summed E-state index contributed by atoms with van der Waals surface area (Å²) < 4.78 is 5.11. The second-order valence-corrected chi connectivity index (χ2v) is 6.12. The average molecular weight is 358 g/mol. The smallest absolute Gasteiger partial charge is 0.261 e. The highest BCUT2D eigenvalue weighted by molar-refractivity contribution is 8.00. The monoisotopic (exact) mass is 358 g/mol. The van der Waals surface area contributed by atoms with Gasteiger partial charge in [0.25, 0.3) is 5.91 Å². The minimum Gasteiger partial charge on any atom is -0.496 e. The first-order chi connectivity index (χ1) is 12.0. The molecular formula is C18H18N2O4S. The van der Waals surface area contributed by atoms with E-state index in [1.807, 2.05) is 0 Å². The maximum Gasteiger partial charge on any atom is 0.261 e. The van der Waals surface area contributed by atoms with Crippen molar-refractivity contribution in [1.82, 2.24) is 5.32 Å². The van der Waals surface area contributed by atoms with Crippen molar-refractivity contribution in [2.75, 3.05) is 18.2 Å². The Morgan fingerprint density at radius 3 is 2.36 bits per heavy atom. The van der Waals surface area contributed by atoms with Gasteiger partial charge < -0.3 is 10.1 Å². The second kappa shape index (κ2) is 8.89. The number of rotatable bonds is 6. The second-order valence-electron chi connectivity index (χ2n) is 5.07. The fraction of sp³-hybridized carbons (Fsp3) is 0.167. The van der Waals surface area contributed by atoms with E-state index in [-0.39, 0.29) is 11.7 Å². The Hall–Kier alpha value is -2.80.